The zero-order valence-electron chi connectivity index (χ0n) is 38.7. The lowest BCUT2D eigenvalue weighted by Crippen LogP contribution is -2.61. The third-order valence-electron chi connectivity index (χ3n) is 12.0. The quantitative estimate of drug-likeness (QED) is 0.0368. The van der Waals surface area contributed by atoms with Crippen LogP contribution in [0.3, 0.4) is 0 Å². The van der Waals surface area contributed by atoms with Crippen molar-refractivity contribution in [2.75, 3.05) is 32.7 Å². The van der Waals surface area contributed by atoms with E-state index in [0.717, 1.165) is 44.5 Å². The van der Waals surface area contributed by atoms with Crippen LogP contribution in [0.2, 0.25) is 0 Å². The van der Waals surface area contributed by atoms with Crippen LogP contribution in [0.4, 0.5) is 4.79 Å². The van der Waals surface area contributed by atoms with Gasteiger partial charge in [0.1, 0.15) is 36.1 Å². The number of ether oxygens (including phenoxy) is 2. The summed E-state index contributed by atoms with van der Waals surface area (Å²) in [5.74, 6) is -3.67. The predicted molar refractivity (Wildman–Crippen MR) is 250 cm³/mol. The molecular formula is C46H61N7O11S2. The number of carbonyl (C=O) groups is 5. The molecule has 0 spiro atoms. The summed E-state index contributed by atoms with van der Waals surface area (Å²) in [4.78, 5) is 66.9. The van der Waals surface area contributed by atoms with E-state index in [-0.39, 0.29) is 48.6 Å². The molecule has 20 heteroatoms. The number of nitrogens with one attached hydrogen (secondary N) is 6. The molecule has 5 rings (SSSR count). The molecule has 18 nitrogen and oxygen atoms in total. The number of fused-ring (bicyclic) bond motifs is 4. The number of sulfonamides is 1. The Balaban J connectivity index is 1.32. The molecule has 3 aromatic carbocycles. The van der Waals surface area contributed by atoms with Crippen molar-refractivity contribution in [2.24, 2.45) is 0 Å². The molecule has 0 unspecified atom stereocenters. The Morgan fingerprint density at radius 3 is 2.15 bits per heavy atom. The van der Waals surface area contributed by atoms with E-state index in [1.54, 1.807) is 34.6 Å². The maximum absolute atomic E-state index is 14.6. The molecule has 0 saturated carbocycles. The third kappa shape index (κ3) is 11.6. The van der Waals surface area contributed by atoms with Crippen molar-refractivity contribution in [1.29, 1.82) is 5.41 Å². The maximum atomic E-state index is 14.6. The molecule has 1 aliphatic heterocycles. The topological polar surface area (TPSA) is 266 Å². The normalized spacial score (nSPS) is 15.1. The van der Waals surface area contributed by atoms with Gasteiger partial charge in [0.25, 0.3) is 10.0 Å². The van der Waals surface area contributed by atoms with E-state index in [4.69, 9.17) is 14.9 Å². The van der Waals surface area contributed by atoms with Crippen LogP contribution in [0.1, 0.15) is 86.8 Å². The minimum atomic E-state index is -4.26. The number of thioether (sulfide) groups is 1. The van der Waals surface area contributed by atoms with Crippen LogP contribution in [0.25, 0.3) is 11.1 Å². The van der Waals surface area contributed by atoms with Crippen molar-refractivity contribution in [2.45, 2.75) is 114 Å². The third-order valence-corrected chi connectivity index (χ3v) is 14.9. The smallest absolute Gasteiger partial charge is 0.407 e. The highest BCUT2D eigenvalue weighted by Crippen LogP contribution is 2.45. The van der Waals surface area contributed by atoms with E-state index >= 15 is 0 Å². The summed E-state index contributed by atoms with van der Waals surface area (Å²) in [6.45, 7) is 12.6. The fourth-order valence-electron chi connectivity index (χ4n) is 8.39. The fourth-order valence-corrected chi connectivity index (χ4v) is 10.9. The van der Waals surface area contributed by atoms with Gasteiger partial charge in [0, 0.05) is 43.2 Å². The predicted octanol–water partition coefficient (Wildman–Crippen LogP) is 3.81. The number of nitrogens with zero attached hydrogens (tertiary/aromatic N) is 1. The Labute approximate surface area is 389 Å². The Bertz CT molecular complexity index is 2450. The van der Waals surface area contributed by atoms with Crippen molar-refractivity contribution in [3.05, 3.63) is 81.9 Å². The van der Waals surface area contributed by atoms with E-state index in [1.807, 2.05) is 62.4 Å². The van der Waals surface area contributed by atoms with Gasteiger partial charge in [-0.05, 0) is 100 Å². The van der Waals surface area contributed by atoms with E-state index in [9.17, 15) is 42.6 Å². The van der Waals surface area contributed by atoms with Crippen molar-refractivity contribution in [3.63, 3.8) is 0 Å². The zero-order valence-corrected chi connectivity index (χ0v) is 40.3. The van der Waals surface area contributed by atoms with E-state index in [1.165, 1.54) is 14.0 Å². The summed E-state index contributed by atoms with van der Waals surface area (Å²) >= 11 is 1.14. The number of aliphatic hydroxyl groups excluding tert-OH is 1. The number of aliphatic carboxylic acids is 1. The lowest BCUT2D eigenvalue weighted by Gasteiger charge is -2.38. The summed E-state index contributed by atoms with van der Waals surface area (Å²) in [6.07, 6.45) is -0.519. The number of alkyl carbamates (subject to hydrolysis) is 1. The summed E-state index contributed by atoms with van der Waals surface area (Å²) in [5, 5.41) is 38.2. The van der Waals surface area contributed by atoms with Crippen LogP contribution in [-0.2, 0) is 40.4 Å². The molecule has 0 bridgehead atoms. The van der Waals surface area contributed by atoms with Crippen LogP contribution in [0.5, 0.6) is 5.75 Å². The molecule has 0 fully saturated rings. The maximum Gasteiger partial charge on any atom is 0.407 e. The lowest BCUT2D eigenvalue weighted by atomic mass is 9.94. The second-order valence-corrected chi connectivity index (χ2v) is 20.9. The number of rotatable bonds is 19. The Morgan fingerprint density at radius 1 is 0.970 bits per heavy atom. The van der Waals surface area contributed by atoms with Crippen molar-refractivity contribution in [1.82, 2.24) is 30.9 Å². The van der Waals surface area contributed by atoms with Crippen LogP contribution in [-0.4, -0.2) is 120 Å². The van der Waals surface area contributed by atoms with Gasteiger partial charge in [0.2, 0.25) is 23.7 Å². The van der Waals surface area contributed by atoms with Gasteiger partial charge in [-0.1, -0.05) is 48.5 Å². The SMILES string of the molecule is CC(=O)NCSC(C)(C)[C@H](NC(=O)OCC1c2ccccc2-c2ccccc21)C(=O)N(C)[C@@H](CCCNC(=N)NS(=O)(=O)c1c(C)c(C)c2c(c1C)CC(C)(C)O2)C(=O)N[C@@H](CO)C(=O)O. The highest BCUT2D eigenvalue weighted by Gasteiger charge is 2.43. The molecule has 1 aliphatic carbocycles. The first-order chi connectivity index (χ1) is 30.9. The molecule has 358 valence electrons. The Hall–Kier alpha value is -5.86. The van der Waals surface area contributed by atoms with E-state index in [0.29, 0.717) is 28.9 Å². The highest BCUT2D eigenvalue weighted by molar-refractivity contribution is 8.00. The molecule has 1 heterocycles. The number of aliphatic hydroxyl groups is 1. The molecule has 0 aromatic heterocycles. The van der Waals surface area contributed by atoms with Gasteiger partial charge in [0.05, 0.1) is 17.4 Å². The van der Waals surface area contributed by atoms with Crippen molar-refractivity contribution >= 4 is 57.5 Å². The molecule has 2 aliphatic rings. The molecule has 4 amide bonds. The summed E-state index contributed by atoms with van der Waals surface area (Å²) < 4.78 is 40.5. The molecule has 8 N–H and O–H groups in total. The standard InChI is InChI=1S/C46H61N7O11S2/c1-25-26(2)38(27(3)33-21-45(5,6)64-37(25)33)66(61,62)52-43(47)48-20-14-19-36(40(56)50-35(22-54)42(58)59)53(9)41(57)39(46(7,8)65-24-49-28(4)55)51-44(60)63-23-34-31-17-12-10-15-29(31)30-16-11-13-18-32(30)34/h10-13,15-18,34-36,39,54H,14,19-24H2,1-9H3,(H,49,55)(H,50,56)(H,51,60)(H,58,59)(H3,47,48,52)/t35-,36-,39+/m0/s1. The number of hydrogen-bond donors (Lipinski definition) is 8. The van der Waals surface area contributed by atoms with Gasteiger partial charge < -0.3 is 45.9 Å². The molecule has 3 aromatic rings. The van der Waals surface area contributed by atoms with Crippen molar-refractivity contribution in [3.8, 4) is 16.9 Å². The lowest BCUT2D eigenvalue weighted by molar-refractivity contribution is -0.145. The second kappa shape index (κ2) is 20.8. The number of hydrogen-bond acceptors (Lipinski definition) is 12. The van der Waals surface area contributed by atoms with Crippen LogP contribution < -0.4 is 30.7 Å². The number of likely N-dealkylation sites (N-methyl/N-ethyl adjacent to an activating group) is 1. The number of carboxylic acid groups (broad SMARTS) is 1. The van der Waals surface area contributed by atoms with Gasteiger partial charge in [-0.2, -0.15) is 0 Å². The minimum absolute atomic E-state index is 0.0414. The average Bonchev–Trinajstić information content (AvgIpc) is 3.75. The monoisotopic (exact) mass is 951 g/mol. The largest absolute Gasteiger partial charge is 0.487 e. The molecule has 0 saturated heterocycles. The Kier molecular flexibility index (Phi) is 16.1. The van der Waals surface area contributed by atoms with Crippen LogP contribution >= 0.6 is 11.8 Å². The molecule has 66 heavy (non-hydrogen) atoms. The first kappa shape index (κ1) is 51.1. The zero-order chi connectivity index (χ0) is 48.9. The number of guanidine groups is 1. The summed E-state index contributed by atoms with van der Waals surface area (Å²) in [6, 6.07) is 11.1. The molecule has 3 atom stereocenters. The van der Waals surface area contributed by atoms with Crippen LogP contribution in [0.15, 0.2) is 53.4 Å². The van der Waals surface area contributed by atoms with Gasteiger partial charge >= 0.3 is 12.1 Å². The first-order valence-corrected chi connectivity index (χ1v) is 23.9. The second-order valence-electron chi connectivity index (χ2n) is 17.7. The Morgan fingerprint density at radius 2 is 1.58 bits per heavy atom. The summed E-state index contributed by atoms with van der Waals surface area (Å²) in [7, 11) is -2.95. The highest BCUT2D eigenvalue weighted by atomic mass is 32.2. The van der Waals surface area contributed by atoms with Crippen molar-refractivity contribution < 1.29 is 52.1 Å². The molecular weight excluding hydrogens is 891 g/mol. The van der Waals surface area contributed by atoms with Crippen LogP contribution in [0, 0.1) is 26.2 Å². The van der Waals surface area contributed by atoms with Gasteiger partial charge in [-0.3, -0.25) is 19.8 Å². The van der Waals surface area contributed by atoms with Gasteiger partial charge in [0.15, 0.2) is 0 Å². The van der Waals surface area contributed by atoms with Gasteiger partial charge in [-0.25, -0.2) is 22.7 Å². The molecule has 0 radical (unpaired) electrons. The average molecular weight is 952 g/mol. The van der Waals surface area contributed by atoms with E-state index in [2.05, 4.69) is 26.0 Å². The number of carboxylic acids is 1. The van der Waals surface area contributed by atoms with E-state index < -0.39 is 74.9 Å². The number of amides is 4. The minimum Gasteiger partial charge on any atom is -0.487 e. The van der Waals surface area contributed by atoms with Gasteiger partial charge in [-0.15, -0.1) is 11.8 Å². The first-order valence-electron chi connectivity index (χ1n) is 21.5. The number of carbonyl (C=O) groups excluding carboxylic acids is 4. The fraction of sp³-hybridized carbons (Fsp3) is 0.478. The number of benzene rings is 3. The summed E-state index contributed by atoms with van der Waals surface area (Å²) in [5.41, 5.74) is 5.94.